The second-order valence-corrected chi connectivity index (χ2v) is 5.78. The van der Waals surface area contributed by atoms with Crippen LogP contribution in [0.15, 0.2) is 59.7 Å². The van der Waals surface area contributed by atoms with Gasteiger partial charge in [-0.1, -0.05) is 30.3 Å². The number of carbonyl (C=O) groups excluding carboxylic acids is 2. The molecule has 0 saturated carbocycles. The number of hydrazone groups is 1. The lowest BCUT2D eigenvalue weighted by molar-refractivity contribution is -0.127. The second kappa shape index (κ2) is 7.27. The van der Waals surface area contributed by atoms with Gasteiger partial charge in [0.05, 0.1) is 18.0 Å². The largest absolute Gasteiger partial charge is 0.380 e. The van der Waals surface area contributed by atoms with Crippen molar-refractivity contribution in [2.45, 2.75) is 13.5 Å². The van der Waals surface area contributed by atoms with Crippen LogP contribution in [-0.4, -0.2) is 24.6 Å². The quantitative estimate of drug-likeness (QED) is 0.851. The Kier molecular flexibility index (Phi) is 4.90. The Morgan fingerprint density at radius 2 is 2.00 bits per heavy atom. The summed E-state index contributed by atoms with van der Waals surface area (Å²) in [6.07, 6.45) is 0. The lowest BCUT2D eigenvalue weighted by atomic mass is 10.0. The molecule has 0 aromatic heterocycles. The summed E-state index contributed by atoms with van der Waals surface area (Å²) in [5.74, 6) is -1.67. The fourth-order valence-electron chi connectivity index (χ4n) is 2.74. The molecule has 130 valence electrons. The first kappa shape index (κ1) is 16.9. The molecule has 0 radical (unpaired) electrons. The van der Waals surface area contributed by atoms with Crippen molar-refractivity contribution in [2.75, 3.05) is 17.4 Å². The Morgan fingerprint density at radius 1 is 1.24 bits per heavy atom. The van der Waals surface area contributed by atoms with E-state index in [-0.39, 0.29) is 13.2 Å². The highest BCUT2D eigenvalue weighted by Gasteiger charge is 2.39. The molecule has 3 rings (SSSR count). The third-order valence-corrected chi connectivity index (χ3v) is 3.90. The monoisotopic (exact) mass is 339 g/mol. The van der Waals surface area contributed by atoms with Crippen LogP contribution in [0.1, 0.15) is 13.9 Å². The van der Waals surface area contributed by atoms with E-state index in [1.807, 2.05) is 36.4 Å². The molecule has 2 aromatic rings. The van der Waals surface area contributed by atoms with Crippen molar-refractivity contribution >= 4 is 28.9 Å². The number of hydrogen-bond acceptors (Lipinski definition) is 4. The number of hydrogen-bond donors (Lipinski definition) is 1. The predicted molar refractivity (Wildman–Crippen MR) is 98.4 cm³/mol. The van der Waals surface area contributed by atoms with E-state index < -0.39 is 5.92 Å². The Balaban J connectivity index is 0.00000243. The summed E-state index contributed by atoms with van der Waals surface area (Å²) in [6, 6.07) is 16.4. The van der Waals surface area contributed by atoms with E-state index in [1.165, 1.54) is 5.01 Å². The van der Waals surface area contributed by atoms with Crippen LogP contribution in [-0.2, 0) is 20.9 Å². The Morgan fingerprint density at radius 3 is 2.72 bits per heavy atom. The maximum atomic E-state index is 12.6. The van der Waals surface area contributed by atoms with E-state index in [4.69, 9.17) is 4.74 Å². The Bertz CT molecular complexity index is 824. The molecule has 0 aliphatic carbocycles. The maximum absolute atomic E-state index is 12.6. The number of para-hydroxylation sites is 1. The summed E-state index contributed by atoms with van der Waals surface area (Å²) in [7, 11) is 1.61. The topological polar surface area (TPSA) is 71.0 Å². The first-order chi connectivity index (χ1) is 12.1. The molecule has 6 nitrogen and oxygen atoms in total. The second-order valence-electron chi connectivity index (χ2n) is 5.78. The molecule has 2 aromatic carbocycles. The highest BCUT2D eigenvalue weighted by atomic mass is 16.5. The number of nitrogens with one attached hydrogen (secondary N) is 1. The minimum absolute atomic E-state index is 0. The van der Waals surface area contributed by atoms with E-state index in [0.29, 0.717) is 23.7 Å². The average molecular weight is 339 g/mol. The molecular formula is C19H21N3O3. The van der Waals surface area contributed by atoms with Crippen LogP contribution in [0.2, 0.25) is 0 Å². The van der Waals surface area contributed by atoms with Gasteiger partial charge in [-0.25, -0.2) is 0 Å². The van der Waals surface area contributed by atoms with E-state index in [2.05, 4.69) is 10.4 Å². The highest BCUT2D eigenvalue weighted by molar-refractivity contribution is 6.28. The van der Waals surface area contributed by atoms with Gasteiger partial charge >= 0.3 is 0 Å². The number of ether oxygens (including phenoxy) is 1. The Hall–Kier alpha value is -2.99. The summed E-state index contributed by atoms with van der Waals surface area (Å²) in [4.78, 5) is 25.3. The first-order valence-electron chi connectivity index (χ1n) is 7.93. The molecule has 0 bridgehead atoms. The zero-order valence-corrected chi connectivity index (χ0v) is 14.1. The summed E-state index contributed by atoms with van der Waals surface area (Å²) in [6.45, 7) is 2.14. The van der Waals surface area contributed by atoms with Crippen LogP contribution < -0.4 is 10.3 Å². The van der Waals surface area contributed by atoms with Crippen molar-refractivity contribution < 1.29 is 15.8 Å². The molecule has 1 N–H and O–H groups in total. The molecule has 6 heteroatoms. The molecule has 0 saturated heterocycles. The molecule has 1 atom stereocenters. The highest BCUT2D eigenvalue weighted by Crippen LogP contribution is 2.24. The molecule has 1 unspecified atom stereocenters. The summed E-state index contributed by atoms with van der Waals surface area (Å²) < 4.78 is 5.09. The zero-order chi connectivity index (χ0) is 17.8. The Labute approximate surface area is 147 Å². The van der Waals surface area contributed by atoms with Crippen LogP contribution in [0.25, 0.3) is 0 Å². The van der Waals surface area contributed by atoms with Crippen LogP contribution >= 0.6 is 0 Å². The van der Waals surface area contributed by atoms with Gasteiger partial charge in [-0.15, -0.1) is 0 Å². The van der Waals surface area contributed by atoms with Crippen molar-refractivity contribution in [2.24, 2.45) is 11.0 Å². The van der Waals surface area contributed by atoms with Crippen LogP contribution in [0.5, 0.6) is 0 Å². The number of methoxy groups -OCH3 is 1. The predicted octanol–water partition coefficient (Wildman–Crippen LogP) is 3.06. The molecule has 1 aliphatic heterocycles. The first-order valence-corrected chi connectivity index (χ1v) is 7.93. The molecule has 25 heavy (non-hydrogen) atoms. The minimum atomic E-state index is -0.925. The molecule has 0 spiro atoms. The SMILES string of the molecule is COCc1cccc(NC(=O)C2C(=O)N(c3ccccc3)N=C2C)c1.[HH]. The van der Waals surface area contributed by atoms with Gasteiger partial charge in [-0.2, -0.15) is 10.1 Å². The lowest BCUT2D eigenvalue weighted by Crippen LogP contribution is -2.36. The molecule has 1 aliphatic rings. The van der Waals surface area contributed by atoms with Gasteiger partial charge in [0.25, 0.3) is 5.91 Å². The number of nitrogens with zero attached hydrogens (tertiary/aromatic N) is 2. The van der Waals surface area contributed by atoms with E-state index >= 15 is 0 Å². The lowest BCUT2D eigenvalue weighted by Gasteiger charge is -2.14. The molecule has 0 fully saturated rings. The number of benzene rings is 2. The van der Waals surface area contributed by atoms with Crippen molar-refractivity contribution in [3.63, 3.8) is 0 Å². The van der Waals surface area contributed by atoms with Crippen molar-refractivity contribution in [1.29, 1.82) is 0 Å². The van der Waals surface area contributed by atoms with Crippen molar-refractivity contribution in [1.82, 2.24) is 0 Å². The standard InChI is InChI=1S/C19H19N3O3.H2/c1-13-17(19(24)22(21-13)16-9-4-3-5-10-16)18(23)20-15-8-6-7-14(11-15)12-25-2;/h3-11,17H,12H2,1-2H3,(H,20,23);1H. The van der Waals surface area contributed by atoms with Gasteiger partial charge < -0.3 is 10.1 Å². The van der Waals surface area contributed by atoms with Crippen LogP contribution in [0.3, 0.4) is 0 Å². The summed E-state index contributed by atoms with van der Waals surface area (Å²) >= 11 is 0. The van der Waals surface area contributed by atoms with E-state index in [1.54, 1.807) is 32.2 Å². The van der Waals surface area contributed by atoms with Gasteiger partial charge in [-0.05, 0) is 36.8 Å². The molecule has 2 amide bonds. The number of carbonyl (C=O) groups is 2. The summed E-state index contributed by atoms with van der Waals surface area (Å²) in [5, 5.41) is 8.32. The third-order valence-electron chi connectivity index (χ3n) is 3.90. The molecular weight excluding hydrogens is 318 g/mol. The van der Waals surface area contributed by atoms with Gasteiger partial charge in [0, 0.05) is 14.2 Å². The zero-order valence-electron chi connectivity index (χ0n) is 14.1. The number of anilines is 2. The average Bonchev–Trinajstić information content (AvgIpc) is 2.91. The third kappa shape index (κ3) is 3.59. The van der Waals surface area contributed by atoms with Crippen LogP contribution in [0, 0.1) is 5.92 Å². The van der Waals surface area contributed by atoms with Gasteiger partial charge in [0.2, 0.25) is 5.91 Å². The summed E-state index contributed by atoms with van der Waals surface area (Å²) in [5.41, 5.74) is 2.68. The van der Waals surface area contributed by atoms with Crippen LogP contribution in [0.4, 0.5) is 11.4 Å². The van der Waals surface area contributed by atoms with Gasteiger partial charge in [-0.3, -0.25) is 9.59 Å². The normalized spacial score (nSPS) is 16.7. The smallest absolute Gasteiger partial charge is 0.265 e. The van der Waals surface area contributed by atoms with Crippen molar-refractivity contribution in [3.8, 4) is 0 Å². The van der Waals surface area contributed by atoms with Gasteiger partial charge in [0.1, 0.15) is 0 Å². The molecule has 1 heterocycles. The maximum Gasteiger partial charge on any atom is 0.265 e. The van der Waals surface area contributed by atoms with E-state index in [9.17, 15) is 9.59 Å². The van der Waals surface area contributed by atoms with Gasteiger partial charge in [0.15, 0.2) is 5.92 Å². The fraction of sp³-hybridized carbons (Fsp3) is 0.211. The number of rotatable bonds is 5. The van der Waals surface area contributed by atoms with E-state index in [0.717, 1.165) is 5.56 Å². The minimum Gasteiger partial charge on any atom is -0.380 e. The fourth-order valence-corrected chi connectivity index (χ4v) is 2.74. The van der Waals surface area contributed by atoms with Crippen molar-refractivity contribution in [3.05, 3.63) is 60.2 Å². The number of amides is 2.